The molecule has 2 saturated carbocycles. The van der Waals surface area contributed by atoms with Gasteiger partial charge in [0.25, 0.3) is 5.91 Å². The predicted octanol–water partition coefficient (Wildman–Crippen LogP) is 8.02. The highest BCUT2D eigenvalue weighted by Gasteiger charge is 2.65. The minimum atomic E-state index is -5.43. The topological polar surface area (TPSA) is 183 Å². The number of amides is 2. The van der Waals surface area contributed by atoms with Gasteiger partial charge in [0.05, 0.1) is 0 Å². The van der Waals surface area contributed by atoms with Gasteiger partial charge in [-0.15, -0.1) is 0 Å². The Balaban J connectivity index is 0.00000726. The second-order valence-corrected chi connectivity index (χ2v) is 16.7. The fourth-order valence-corrected chi connectivity index (χ4v) is 8.39. The van der Waals surface area contributed by atoms with Crippen LogP contribution in [0.2, 0.25) is 0 Å². The molecule has 2 amide bonds. The van der Waals surface area contributed by atoms with Crippen LogP contribution in [0.4, 0.5) is 23.2 Å². The fraction of sp³-hybridized carbons (Fsp3) is 0.478. The normalized spacial score (nSPS) is 19.9. The number of nitrogens with zero attached hydrogens (tertiary/aromatic N) is 3. The van der Waals surface area contributed by atoms with E-state index in [4.69, 9.17) is 10.8 Å². The number of nitrogens with two attached hydrogens (primary N) is 1. The van der Waals surface area contributed by atoms with Crippen molar-refractivity contribution < 1.29 is 41.8 Å². The van der Waals surface area contributed by atoms with Crippen LogP contribution in [0.15, 0.2) is 66.7 Å². The first-order valence-corrected chi connectivity index (χ1v) is 20.7. The molecule has 0 saturated heterocycles. The molecule has 12 nitrogen and oxygen atoms in total. The van der Waals surface area contributed by atoms with E-state index in [2.05, 4.69) is 39.7 Å². The molecule has 0 spiro atoms. The van der Waals surface area contributed by atoms with Crippen molar-refractivity contribution in [3.8, 4) is 22.5 Å². The summed E-state index contributed by atoms with van der Waals surface area (Å²) in [5.74, 6) is -16.6. The van der Waals surface area contributed by atoms with Gasteiger partial charge in [-0.1, -0.05) is 37.8 Å². The third-order valence-corrected chi connectivity index (χ3v) is 12.3. The monoisotopic (exact) mass is 863 g/mol. The van der Waals surface area contributed by atoms with E-state index in [9.17, 15) is 36.7 Å². The number of aryl methyl sites for hydroxylation is 1. The van der Waals surface area contributed by atoms with Gasteiger partial charge in [0.2, 0.25) is 11.7 Å². The van der Waals surface area contributed by atoms with Gasteiger partial charge in [0, 0.05) is 47.2 Å². The predicted molar refractivity (Wildman–Crippen MR) is 229 cm³/mol. The molecule has 6 rings (SSSR count). The van der Waals surface area contributed by atoms with Crippen molar-refractivity contribution in [1.82, 2.24) is 25.4 Å². The summed E-state index contributed by atoms with van der Waals surface area (Å²) in [5.41, 5.74) is 10.6. The third kappa shape index (κ3) is 10.9. The van der Waals surface area contributed by atoms with Gasteiger partial charge in [-0.05, 0) is 150 Å². The van der Waals surface area contributed by atoms with E-state index in [1.165, 1.54) is 24.3 Å². The van der Waals surface area contributed by atoms with E-state index >= 15 is 0 Å². The Bertz CT molecular complexity index is 2180. The number of carboxylic acids is 1. The maximum absolute atomic E-state index is 14.3. The number of carbonyl (C=O) groups is 4. The number of hydrogen-bond acceptors (Lipinski definition) is 8. The first-order valence-electron chi connectivity index (χ1n) is 20.7. The van der Waals surface area contributed by atoms with E-state index in [0.29, 0.717) is 42.6 Å². The first-order chi connectivity index (χ1) is 29.0. The number of carboxylic acid groups (broad SMARTS) is 1. The van der Waals surface area contributed by atoms with Crippen LogP contribution in [0.25, 0.3) is 22.5 Å². The van der Waals surface area contributed by atoms with Crippen LogP contribution in [-0.2, 0) is 26.7 Å². The number of Topliss-reactive ketones (excluding diaryl/α,β-unsaturated/α-hetero) is 1. The van der Waals surface area contributed by atoms with Crippen LogP contribution in [0.3, 0.4) is 0 Å². The van der Waals surface area contributed by atoms with Crippen molar-refractivity contribution in [1.29, 1.82) is 0 Å². The summed E-state index contributed by atoms with van der Waals surface area (Å²) < 4.78 is 56.0. The Morgan fingerprint density at radius 1 is 0.887 bits per heavy atom. The van der Waals surface area contributed by atoms with E-state index < -0.39 is 41.3 Å². The van der Waals surface area contributed by atoms with Crippen molar-refractivity contribution in [3.05, 3.63) is 89.2 Å². The molecule has 6 N–H and O–H groups in total. The molecule has 0 aliphatic heterocycles. The molecule has 2 aliphatic rings. The Hall–Kier alpha value is -5.48. The number of aliphatic carboxylic acids is 1. The minimum Gasteiger partial charge on any atom is -0.477 e. The van der Waals surface area contributed by atoms with Gasteiger partial charge in [0.1, 0.15) is 5.78 Å². The average Bonchev–Trinajstić information content (AvgIpc) is 3.75. The first kappa shape index (κ1) is 47.6. The summed E-state index contributed by atoms with van der Waals surface area (Å²) in [4.78, 5) is 57.1. The maximum atomic E-state index is 14.3. The number of anilines is 1. The fourth-order valence-electron chi connectivity index (χ4n) is 8.39. The second-order valence-electron chi connectivity index (χ2n) is 16.7. The largest absolute Gasteiger partial charge is 0.477 e. The molecule has 1 atom stereocenters. The van der Waals surface area contributed by atoms with Gasteiger partial charge in [-0.3, -0.25) is 19.5 Å². The average molecular weight is 864 g/mol. The summed E-state index contributed by atoms with van der Waals surface area (Å²) in [6, 6.07) is 19.8. The number of halogens is 4. The summed E-state index contributed by atoms with van der Waals surface area (Å²) >= 11 is 0. The van der Waals surface area contributed by atoms with Crippen LogP contribution in [0.1, 0.15) is 92.5 Å². The molecule has 334 valence electrons. The van der Waals surface area contributed by atoms with Crippen molar-refractivity contribution in [3.63, 3.8) is 0 Å². The van der Waals surface area contributed by atoms with Crippen molar-refractivity contribution in [2.24, 2.45) is 23.5 Å². The lowest BCUT2D eigenvalue weighted by atomic mass is 9.77. The lowest BCUT2D eigenvalue weighted by Gasteiger charge is -2.33. The van der Waals surface area contributed by atoms with Gasteiger partial charge in [0.15, 0.2) is 5.82 Å². The van der Waals surface area contributed by atoms with E-state index in [0.717, 1.165) is 60.8 Å². The Labute approximate surface area is 359 Å². The number of H-pyrrole nitrogens is 1. The van der Waals surface area contributed by atoms with Gasteiger partial charge >= 0.3 is 17.8 Å². The molecule has 62 heavy (non-hydrogen) atoms. The molecule has 0 radical (unpaired) electrons. The standard InChI is InChI=1S/C45H53F4N7O5.CH4/c1-26-22-32(40(58)51-35-17-19-36(20-18-35)56(2)3)14-21-37(26)29-8-4-27(5-9-29)23-33(24-38(57)30-10-6-28(25-50)7-11-30)41(59)52-34-15-12-31(13-16-34)39-53-42(55-54-39)44(46,47)45(48,49)43(60)61;/h4-5,8-9,12-16,21-22,28,30,33,35-36H,6-7,10-11,17-20,23-25,50H2,1-3H3,(H,51,58)(H,52,59)(H,60,61)(H,53,54,55);1H4. The van der Waals surface area contributed by atoms with Crippen LogP contribution >= 0.6 is 0 Å². The third-order valence-electron chi connectivity index (χ3n) is 12.3. The number of aromatic nitrogens is 3. The summed E-state index contributed by atoms with van der Waals surface area (Å²) in [5, 5.41) is 19.9. The smallest absolute Gasteiger partial charge is 0.411 e. The quantitative estimate of drug-likeness (QED) is 0.0697. The zero-order valence-corrected chi connectivity index (χ0v) is 34.5. The zero-order valence-electron chi connectivity index (χ0n) is 34.5. The molecule has 0 bridgehead atoms. The van der Waals surface area contributed by atoms with Crippen LogP contribution < -0.4 is 16.4 Å². The van der Waals surface area contributed by atoms with Crippen LogP contribution in [0.5, 0.6) is 0 Å². The molecule has 2 aliphatic carbocycles. The van der Waals surface area contributed by atoms with Gasteiger partial charge < -0.3 is 26.4 Å². The number of hydrogen-bond donors (Lipinski definition) is 5. The van der Waals surface area contributed by atoms with E-state index in [-0.39, 0.29) is 49.5 Å². The number of nitrogens with one attached hydrogen (secondary N) is 3. The van der Waals surface area contributed by atoms with E-state index in [1.54, 1.807) is 5.10 Å². The number of rotatable bonds is 16. The SMILES string of the molecule is C.Cc1cc(C(=O)NC2CCC(N(C)C)CC2)ccc1-c1ccc(CC(CC(=O)C2CCC(CN)CC2)C(=O)Nc2ccc(-c3n[nH]c(C(F)(F)C(F)(F)C(=O)O)n3)cc2)cc1. The maximum Gasteiger partial charge on any atom is 0.411 e. The lowest BCUT2D eigenvalue weighted by molar-refractivity contribution is -0.231. The molecule has 16 heteroatoms. The number of aromatic amines is 1. The Morgan fingerprint density at radius 3 is 2.10 bits per heavy atom. The molecule has 1 heterocycles. The number of ketones is 1. The Kier molecular flexibility index (Phi) is 15.5. The molecular weight excluding hydrogens is 807 g/mol. The van der Waals surface area contributed by atoms with Crippen molar-refractivity contribution >= 4 is 29.3 Å². The molecule has 1 aromatic heterocycles. The summed E-state index contributed by atoms with van der Waals surface area (Å²) in [6.07, 6.45) is 7.41. The number of alkyl halides is 4. The highest BCUT2D eigenvalue weighted by molar-refractivity contribution is 5.96. The molecular formula is C46H57F4N7O5. The number of carbonyl (C=O) groups excluding carboxylic acids is 3. The lowest BCUT2D eigenvalue weighted by Crippen LogP contribution is -2.45. The zero-order chi connectivity index (χ0) is 44.1. The van der Waals surface area contributed by atoms with Crippen LogP contribution in [0, 0.1) is 24.7 Å². The highest BCUT2D eigenvalue weighted by Crippen LogP contribution is 2.42. The minimum absolute atomic E-state index is 0. The van der Waals surface area contributed by atoms with Crippen molar-refractivity contribution in [2.75, 3.05) is 26.0 Å². The molecule has 4 aromatic rings. The highest BCUT2D eigenvalue weighted by atomic mass is 19.3. The van der Waals surface area contributed by atoms with Crippen LogP contribution in [-0.4, -0.2) is 87.4 Å². The molecule has 1 unspecified atom stereocenters. The molecule has 3 aromatic carbocycles. The van der Waals surface area contributed by atoms with Gasteiger partial charge in [-0.25, -0.2) is 9.78 Å². The number of benzene rings is 3. The van der Waals surface area contributed by atoms with E-state index in [1.807, 2.05) is 49.4 Å². The Morgan fingerprint density at radius 2 is 1.52 bits per heavy atom. The second kappa shape index (κ2) is 20.1. The van der Waals surface area contributed by atoms with Crippen molar-refractivity contribution in [2.45, 2.75) is 102 Å². The molecule has 2 fully saturated rings. The van der Waals surface area contributed by atoms with Gasteiger partial charge in [-0.2, -0.15) is 22.7 Å². The summed E-state index contributed by atoms with van der Waals surface area (Å²) in [6.45, 7) is 2.54. The summed E-state index contributed by atoms with van der Waals surface area (Å²) in [7, 11) is 4.18.